The van der Waals surface area contributed by atoms with Crippen molar-refractivity contribution in [1.82, 2.24) is 5.32 Å². The zero-order valence-electron chi connectivity index (χ0n) is 13.7. The van der Waals surface area contributed by atoms with Gasteiger partial charge in [-0.1, -0.05) is 66.1 Å². The quantitative estimate of drug-likeness (QED) is 0.794. The third-order valence-electron chi connectivity index (χ3n) is 3.84. The molecule has 0 aromatic heterocycles. The van der Waals surface area contributed by atoms with Gasteiger partial charge in [-0.2, -0.15) is 0 Å². The molecule has 0 aliphatic carbocycles. The fourth-order valence-electron chi connectivity index (χ4n) is 2.85. The second-order valence-corrected chi connectivity index (χ2v) is 6.12. The summed E-state index contributed by atoms with van der Waals surface area (Å²) in [4.78, 5) is 0. The third-order valence-corrected chi connectivity index (χ3v) is 3.84. The summed E-state index contributed by atoms with van der Waals surface area (Å²) in [5, 5.41) is 3.69. The second kappa shape index (κ2) is 7.42. The number of benzene rings is 2. The lowest BCUT2D eigenvalue weighted by Crippen LogP contribution is -2.24. The zero-order chi connectivity index (χ0) is 15.2. The summed E-state index contributed by atoms with van der Waals surface area (Å²) in [6.45, 7) is 9.77. The summed E-state index contributed by atoms with van der Waals surface area (Å²) in [6.07, 6.45) is 2.21. The van der Waals surface area contributed by atoms with Crippen LogP contribution in [-0.4, -0.2) is 6.54 Å². The summed E-state index contributed by atoms with van der Waals surface area (Å²) in [7, 11) is 0. The number of hydrogen-bond acceptors (Lipinski definition) is 1. The van der Waals surface area contributed by atoms with E-state index in [1.807, 2.05) is 0 Å². The maximum atomic E-state index is 3.69. The van der Waals surface area contributed by atoms with E-state index in [2.05, 4.69) is 75.5 Å². The van der Waals surface area contributed by atoms with Crippen molar-refractivity contribution >= 4 is 0 Å². The Balaban J connectivity index is 2.21. The highest BCUT2D eigenvalue weighted by atomic mass is 14.9. The smallest absolute Gasteiger partial charge is 0.0360 e. The Kier molecular flexibility index (Phi) is 5.58. The van der Waals surface area contributed by atoms with Gasteiger partial charge in [0.15, 0.2) is 0 Å². The Morgan fingerprint density at radius 3 is 2.05 bits per heavy atom. The Morgan fingerprint density at radius 1 is 0.857 bits per heavy atom. The van der Waals surface area contributed by atoms with Crippen LogP contribution in [0.1, 0.15) is 47.2 Å². The molecule has 1 unspecified atom stereocenters. The predicted octanol–water partition coefficient (Wildman–Crippen LogP) is 4.90. The van der Waals surface area contributed by atoms with Crippen molar-refractivity contribution in [2.75, 3.05) is 6.54 Å². The Bertz CT molecular complexity index is 549. The van der Waals surface area contributed by atoms with Crippen molar-refractivity contribution in [2.24, 2.45) is 0 Å². The van der Waals surface area contributed by atoms with Crippen LogP contribution in [0.3, 0.4) is 0 Å². The predicted molar refractivity (Wildman–Crippen MR) is 91.8 cm³/mol. The summed E-state index contributed by atoms with van der Waals surface area (Å²) in [5.41, 5.74) is 6.82. The molecular formula is C20H27N. The van der Waals surface area contributed by atoms with Gasteiger partial charge in [-0.05, 0) is 51.3 Å². The van der Waals surface area contributed by atoms with Crippen LogP contribution in [0.15, 0.2) is 42.5 Å². The van der Waals surface area contributed by atoms with Crippen molar-refractivity contribution in [1.29, 1.82) is 0 Å². The highest BCUT2D eigenvalue weighted by molar-refractivity contribution is 5.31. The monoisotopic (exact) mass is 281 g/mol. The third kappa shape index (κ3) is 4.71. The highest BCUT2D eigenvalue weighted by Crippen LogP contribution is 2.21. The average Bonchev–Trinajstić information content (AvgIpc) is 2.43. The van der Waals surface area contributed by atoms with Crippen LogP contribution in [0.2, 0.25) is 0 Å². The molecule has 0 saturated heterocycles. The van der Waals surface area contributed by atoms with Gasteiger partial charge in [0.05, 0.1) is 0 Å². The molecule has 0 radical (unpaired) electrons. The minimum absolute atomic E-state index is 0.395. The van der Waals surface area contributed by atoms with Gasteiger partial charge >= 0.3 is 0 Å². The van der Waals surface area contributed by atoms with Gasteiger partial charge in [0.1, 0.15) is 0 Å². The lowest BCUT2D eigenvalue weighted by atomic mass is 9.96. The van der Waals surface area contributed by atoms with Crippen LogP contribution in [0.25, 0.3) is 0 Å². The summed E-state index contributed by atoms with van der Waals surface area (Å²) < 4.78 is 0. The SMILES string of the molecule is CCCNC(Cc1cc(C)cc(C)c1)c1ccc(C)cc1. The van der Waals surface area contributed by atoms with E-state index in [9.17, 15) is 0 Å². The maximum Gasteiger partial charge on any atom is 0.0360 e. The molecule has 2 rings (SSSR count). The van der Waals surface area contributed by atoms with E-state index < -0.39 is 0 Å². The fraction of sp³-hybridized carbons (Fsp3) is 0.400. The Morgan fingerprint density at radius 2 is 1.48 bits per heavy atom. The van der Waals surface area contributed by atoms with Crippen molar-refractivity contribution in [2.45, 2.75) is 46.6 Å². The molecule has 1 N–H and O–H groups in total. The summed E-state index contributed by atoms with van der Waals surface area (Å²) >= 11 is 0. The minimum atomic E-state index is 0.395. The van der Waals surface area contributed by atoms with E-state index >= 15 is 0 Å². The van der Waals surface area contributed by atoms with Crippen molar-refractivity contribution in [3.63, 3.8) is 0 Å². The Hall–Kier alpha value is -1.60. The van der Waals surface area contributed by atoms with Gasteiger partial charge < -0.3 is 5.32 Å². The van der Waals surface area contributed by atoms with Crippen LogP contribution in [0.5, 0.6) is 0 Å². The molecule has 2 aromatic rings. The lowest BCUT2D eigenvalue weighted by Gasteiger charge is -2.20. The first-order chi connectivity index (χ1) is 10.1. The number of aryl methyl sites for hydroxylation is 3. The van der Waals surface area contributed by atoms with E-state index in [1.165, 1.54) is 27.8 Å². The van der Waals surface area contributed by atoms with E-state index in [0.29, 0.717) is 6.04 Å². The van der Waals surface area contributed by atoms with E-state index in [-0.39, 0.29) is 0 Å². The standard InChI is InChI=1S/C20H27N/c1-5-10-21-20(19-8-6-15(2)7-9-19)14-18-12-16(3)11-17(4)13-18/h6-9,11-13,20-21H,5,10,14H2,1-4H3. The van der Waals surface area contributed by atoms with Gasteiger partial charge in [0.2, 0.25) is 0 Å². The summed E-state index contributed by atoms with van der Waals surface area (Å²) in [5.74, 6) is 0. The molecular weight excluding hydrogens is 254 g/mol. The molecule has 0 aliphatic heterocycles. The van der Waals surface area contributed by atoms with Gasteiger partial charge in [-0.25, -0.2) is 0 Å². The molecule has 1 nitrogen and oxygen atoms in total. The van der Waals surface area contributed by atoms with E-state index in [0.717, 1.165) is 19.4 Å². The molecule has 2 aromatic carbocycles. The van der Waals surface area contributed by atoms with Crippen molar-refractivity contribution < 1.29 is 0 Å². The molecule has 1 atom stereocenters. The van der Waals surface area contributed by atoms with Crippen molar-refractivity contribution in [3.8, 4) is 0 Å². The highest BCUT2D eigenvalue weighted by Gasteiger charge is 2.11. The Labute approximate surface area is 129 Å². The van der Waals surface area contributed by atoms with Crippen LogP contribution < -0.4 is 5.32 Å². The zero-order valence-corrected chi connectivity index (χ0v) is 13.7. The maximum absolute atomic E-state index is 3.69. The van der Waals surface area contributed by atoms with Crippen LogP contribution in [-0.2, 0) is 6.42 Å². The van der Waals surface area contributed by atoms with Crippen LogP contribution in [0.4, 0.5) is 0 Å². The fourth-order valence-corrected chi connectivity index (χ4v) is 2.85. The van der Waals surface area contributed by atoms with E-state index in [1.54, 1.807) is 0 Å². The molecule has 0 amide bonds. The number of nitrogens with one attached hydrogen (secondary N) is 1. The largest absolute Gasteiger partial charge is 0.310 e. The molecule has 0 heterocycles. The topological polar surface area (TPSA) is 12.0 Å². The molecule has 112 valence electrons. The molecule has 0 fully saturated rings. The molecule has 0 saturated carbocycles. The molecule has 0 bridgehead atoms. The number of rotatable bonds is 6. The molecule has 21 heavy (non-hydrogen) atoms. The van der Waals surface area contributed by atoms with Crippen LogP contribution >= 0.6 is 0 Å². The van der Waals surface area contributed by atoms with Gasteiger partial charge in [0, 0.05) is 6.04 Å². The molecule has 1 heteroatoms. The van der Waals surface area contributed by atoms with E-state index in [4.69, 9.17) is 0 Å². The first kappa shape index (κ1) is 15.8. The normalized spacial score (nSPS) is 12.4. The lowest BCUT2D eigenvalue weighted by molar-refractivity contribution is 0.529. The first-order valence-corrected chi connectivity index (χ1v) is 7.95. The molecule has 0 aliphatic rings. The van der Waals surface area contributed by atoms with Gasteiger partial charge in [-0.3, -0.25) is 0 Å². The van der Waals surface area contributed by atoms with Gasteiger partial charge in [-0.15, -0.1) is 0 Å². The average molecular weight is 281 g/mol. The van der Waals surface area contributed by atoms with Crippen molar-refractivity contribution in [3.05, 3.63) is 70.3 Å². The summed E-state index contributed by atoms with van der Waals surface area (Å²) in [6, 6.07) is 16.2. The number of hydrogen-bond donors (Lipinski definition) is 1. The first-order valence-electron chi connectivity index (χ1n) is 7.95. The second-order valence-electron chi connectivity index (χ2n) is 6.12. The van der Waals surface area contributed by atoms with Crippen LogP contribution in [0, 0.1) is 20.8 Å². The molecule has 0 spiro atoms. The van der Waals surface area contributed by atoms with Gasteiger partial charge in [0.25, 0.3) is 0 Å². The minimum Gasteiger partial charge on any atom is -0.310 e.